The molecule has 3 aromatic carbocycles. The molecule has 3 heteroatoms. The molecule has 3 aromatic rings. The second-order valence-electron chi connectivity index (χ2n) is 6.74. The average Bonchev–Trinajstić information content (AvgIpc) is 2.74. The zero-order chi connectivity index (χ0) is 19.6. The predicted octanol–water partition coefficient (Wildman–Crippen LogP) is 5.12. The van der Waals surface area contributed by atoms with E-state index in [1.165, 1.54) is 22.8 Å². The molecule has 0 amide bonds. The van der Waals surface area contributed by atoms with Crippen LogP contribution in [0.15, 0.2) is 97.6 Å². The van der Waals surface area contributed by atoms with Crippen molar-refractivity contribution in [2.45, 2.75) is 26.2 Å². The van der Waals surface area contributed by atoms with E-state index in [9.17, 15) is 4.79 Å². The van der Waals surface area contributed by atoms with Gasteiger partial charge in [-0.15, -0.1) is 0 Å². The Bertz CT molecular complexity index is 832. The molecule has 0 unspecified atom stereocenters. The standard InChI is InChI=1S/C25H25NO2/c1-2-25(27)28-20-24-15-13-23(14-16-24)19-26(17-21-9-5-3-6-10-21)18-22-11-7-4-8-12-22/h2-16H,1,17-20H2. The number of rotatable bonds is 9. The third-order valence-electron chi connectivity index (χ3n) is 4.47. The van der Waals surface area contributed by atoms with Crippen molar-refractivity contribution in [3.63, 3.8) is 0 Å². The first-order valence-corrected chi connectivity index (χ1v) is 9.40. The van der Waals surface area contributed by atoms with Crippen LogP contribution in [0.1, 0.15) is 22.3 Å². The summed E-state index contributed by atoms with van der Waals surface area (Å²) in [6, 6.07) is 29.3. The number of hydrogen-bond donors (Lipinski definition) is 0. The minimum Gasteiger partial charge on any atom is -0.458 e. The van der Waals surface area contributed by atoms with Crippen molar-refractivity contribution >= 4 is 5.97 Å². The number of carbonyl (C=O) groups is 1. The molecule has 3 rings (SSSR count). The van der Waals surface area contributed by atoms with Gasteiger partial charge in [-0.1, -0.05) is 91.5 Å². The number of ether oxygens (including phenoxy) is 1. The van der Waals surface area contributed by atoms with E-state index in [0.29, 0.717) is 0 Å². The van der Waals surface area contributed by atoms with Crippen molar-refractivity contribution in [1.82, 2.24) is 4.90 Å². The molecule has 0 saturated heterocycles. The summed E-state index contributed by atoms with van der Waals surface area (Å²) in [5.41, 5.74) is 4.79. The first-order valence-electron chi connectivity index (χ1n) is 9.40. The van der Waals surface area contributed by atoms with Gasteiger partial charge in [0.05, 0.1) is 0 Å². The molecule has 0 aliphatic rings. The molecule has 0 fully saturated rings. The monoisotopic (exact) mass is 371 g/mol. The molecular formula is C25H25NO2. The first-order chi connectivity index (χ1) is 13.7. The quantitative estimate of drug-likeness (QED) is 0.386. The van der Waals surface area contributed by atoms with Crippen LogP contribution in [0.3, 0.4) is 0 Å². The molecule has 3 nitrogen and oxygen atoms in total. The van der Waals surface area contributed by atoms with Gasteiger partial charge in [0.2, 0.25) is 0 Å². The largest absolute Gasteiger partial charge is 0.458 e. The summed E-state index contributed by atoms with van der Waals surface area (Å²) in [6.45, 7) is 6.29. The van der Waals surface area contributed by atoms with Gasteiger partial charge in [-0.05, 0) is 22.3 Å². The minimum atomic E-state index is -0.402. The van der Waals surface area contributed by atoms with Crippen molar-refractivity contribution in [2.24, 2.45) is 0 Å². The van der Waals surface area contributed by atoms with Crippen LogP contribution in [0.2, 0.25) is 0 Å². The van der Waals surface area contributed by atoms with Gasteiger partial charge >= 0.3 is 5.97 Å². The van der Waals surface area contributed by atoms with E-state index < -0.39 is 5.97 Å². The van der Waals surface area contributed by atoms with Crippen molar-refractivity contribution in [1.29, 1.82) is 0 Å². The molecule has 28 heavy (non-hydrogen) atoms. The summed E-state index contributed by atoms with van der Waals surface area (Å²) in [6.07, 6.45) is 1.18. The molecule has 0 aromatic heterocycles. The molecule has 0 bridgehead atoms. The van der Waals surface area contributed by atoms with Gasteiger partial charge in [0.1, 0.15) is 6.61 Å². The van der Waals surface area contributed by atoms with Crippen LogP contribution in [-0.2, 0) is 35.8 Å². The lowest BCUT2D eigenvalue weighted by atomic mass is 10.1. The number of esters is 1. The molecule has 0 radical (unpaired) electrons. The van der Waals surface area contributed by atoms with Crippen LogP contribution in [-0.4, -0.2) is 10.9 Å². The van der Waals surface area contributed by atoms with E-state index in [1.54, 1.807) is 0 Å². The fourth-order valence-corrected chi connectivity index (χ4v) is 3.06. The van der Waals surface area contributed by atoms with E-state index in [4.69, 9.17) is 4.74 Å². The van der Waals surface area contributed by atoms with Crippen molar-refractivity contribution < 1.29 is 9.53 Å². The lowest BCUT2D eigenvalue weighted by molar-refractivity contribution is -0.138. The Balaban J connectivity index is 1.67. The fraction of sp³-hybridized carbons (Fsp3) is 0.160. The zero-order valence-corrected chi connectivity index (χ0v) is 16.0. The summed E-state index contributed by atoms with van der Waals surface area (Å²) in [4.78, 5) is 13.6. The van der Waals surface area contributed by atoms with Gasteiger partial charge in [0, 0.05) is 25.7 Å². The maximum absolute atomic E-state index is 11.2. The van der Waals surface area contributed by atoms with Gasteiger partial charge in [-0.25, -0.2) is 4.79 Å². The third-order valence-corrected chi connectivity index (χ3v) is 4.47. The maximum atomic E-state index is 11.2. The highest BCUT2D eigenvalue weighted by atomic mass is 16.5. The van der Waals surface area contributed by atoms with Crippen LogP contribution < -0.4 is 0 Å². The van der Waals surface area contributed by atoms with E-state index in [0.717, 1.165) is 25.2 Å². The molecule has 0 N–H and O–H groups in total. The molecule has 142 valence electrons. The van der Waals surface area contributed by atoms with Crippen LogP contribution in [0, 0.1) is 0 Å². The molecule has 0 aliphatic heterocycles. The molecule has 0 atom stereocenters. The summed E-state index contributed by atoms with van der Waals surface area (Å²) >= 11 is 0. The van der Waals surface area contributed by atoms with E-state index in [1.807, 2.05) is 24.3 Å². The van der Waals surface area contributed by atoms with Crippen molar-refractivity contribution in [3.05, 3.63) is 120 Å². The topological polar surface area (TPSA) is 29.5 Å². The van der Waals surface area contributed by atoms with Crippen LogP contribution >= 0.6 is 0 Å². The minimum absolute atomic E-state index is 0.267. The SMILES string of the molecule is C=CC(=O)OCc1ccc(CN(Cc2ccccc2)Cc2ccccc2)cc1. The van der Waals surface area contributed by atoms with E-state index in [-0.39, 0.29) is 6.61 Å². The molecule has 0 spiro atoms. The molecular weight excluding hydrogens is 346 g/mol. The second kappa shape index (κ2) is 10.2. The normalized spacial score (nSPS) is 10.6. The Labute approximate surface area is 166 Å². The molecule has 0 saturated carbocycles. The van der Waals surface area contributed by atoms with E-state index in [2.05, 4.69) is 72.1 Å². The first kappa shape index (κ1) is 19.6. The average molecular weight is 371 g/mol. The van der Waals surface area contributed by atoms with Gasteiger partial charge in [0.25, 0.3) is 0 Å². The van der Waals surface area contributed by atoms with Gasteiger partial charge in [-0.3, -0.25) is 4.90 Å². The van der Waals surface area contributed by atoms with E-state index >= 15 is 0 Å². The van der Waals surface area contributed by atoms with Gasteiger partial charge in [-0.2, -0.15) is 0 Å². The summed E-state index contributed by atoms with van der Waals surface area (Å²) in [7, 11) is 0. The second-order valence-corrected chi connectivity index (χ2v) is 6.74. The van der Waals surface area contributed by atoms with Crippen LogP contribution in [0.25, 0.3) is 0 Å². The number of hydrogen-bond acceptors (Lipinski definition) is 3. The molecule has 0 heterocycles. The maximum Gasteiger partial charge on any atom is 0.330 e. The highest BCUT2D eigenvalue weighted by Crippen LogP contribution is 2.15. The predicted molar refractivity (Wildman–Crippen MR) is 112 cm³/mol. The number of carbonyl (C=O) groups excluding carboxylic acids is 1. The lowest BCUT2D eigenvalue weighted by Crippen LogP contribution is -2.22. The third kappa shape index (κ3) is 6.22. The highest BCUT2D eigenvalue weighted by Gasteiger charge is 2.09. The summed E-state index contributed by atoms with van der Waals surface area (Å²) < 4.78 is 5.09. The zero-order valence-electron chi connectivity index (χ0n) is 16.0. The van der Waals surface area contributed by atoms with Crippen LogP contribution in [0.4, 0.5) is 0 Å². The number of benzene rings is 3. The smallest absolute Gasteiger partial charge is 0.330 e. The van der Waals surface area contributed by atoms with Crippen LogP contribution in [0.5, 0.6) is 0 Å². The Morgan fingerprint density at radius 1 is 0.714 bits per heavy atom. The fourth-order valence-electron chi connectivity index (χ4n) is 3.06. The Morgan fingerprint density at radius 3 is 1.61 bits per heavy atom. The Morgan fingerprint density at radius 2 is 1.14 bits per heavy atom. The number of nitrogens with zero attached hydrogens (tertiary/aromatic N) is 1. The van der Waals surface area contributed by atoms with Crippen molar-refractivity contribution in [2.75, 3.05) is 0 Å². The summed E-state index contributed by atoms with van der Waals surface area (Å²) in [5.74, 6) is -0.402. The van der Waals surface area contributed by atoms with Gasteiger partial charge < -0.3 is 4.74 Å². The highest BCUT2D eigenvalue weighted by molar-refractivity contribution is 5.81. The summed E-state index contributed by atoms with van der Waals surface area (Å²) in [5, 5.41) is 0. The van der Waals surface area contributed by atoms with Gasteiger partial charge in [0.15, 0.2) is 0 Å². The Kier molecular flexibility index (Phi) is 7.16. The molecule has 0 aliphatic carbocycles. The Hall–Kier alpha value is -3.17. The van der Waals surface area contributed by atoms with Crippen molar-refractivity contribution in [3.8, 4) is 0 Å². The lowest BCUT2D eigenvalue weighted by Gasteiger charge is -2.23.